The fourth-order valence-electron chi connectivity index (χ4n) is 21.1. The Morgan fingerprint density at radius 1 is 0.171 bits per heavy atom. The maximum absolute atomic E-state index is 6.77. The summed E-state index contributed by atoms with van der Waals surface area (Å²) in [6, 6.07) is 171. The molecule has 0 aliphatic rings. The average molecular weight is 1900 g/mol. The smallest absolute Gasteiger partial charge is 0.161 e. The van der Waals surface area contributed by atoms with Gasteiger partial charge in [0.2, 0.25) is 0 Å². The molecule has 0 atom stereocenters. The molecule has 0 saturated heterocycles. The topological polar surface area (TPSA) is 129 Å². The van der Waals surface area contributed by atoms with Gasteiger partial charge in [-0.15, -0.1) is 22.7 Å². The monoisotopic (exact) mass is 1900 g/mol. The fourth-order valence-corrected chi connectivity index (χ4v) is 23.6. The van der Waals surface area contributed by atoms with Gasteiger partial charge in [0, 0.05) is 140 Å². The number of hydrogen-bond donors (Lipinski definition) is 0. The third-order valence-electron chi connectivity index (χ3n) is 27.7. The lowest BCUT2D eigenvalue weighted by Gasteiger charge is -2.16. The molecule has 20 aromatic carbocycles. The number of rotatable bonds is 14. The van der Waals surface area contributed by atoms with E-state index < -0.39 is 0 Å². The van der Waals surface area contributed by atoms with Crippen molar-refractivity contribution in [2.45, 2.75) is 0 Å². The molecule has 0 radical (unpaired) electrons. The lowest BCUT2D eigenvalue weighted by molar-refractivity contribution is 0.669. The Morgan fingerprint density at radius 2 is 0.521 bits per heavy atom. The van der Waals surface area contributed by atoms with Crippen molar-refractivity contribution in [1.29, 1.82) is 0 Å². The van der Waals surface area contributed by atoms with Gasteiger partial charge in [0.25, 0.3) is 0 Å². The molecular weight excluding hydrogens is 1820 g/mol. The molecule has 682 valence electrons. The highest BCUT2D eigenvalue weighted by atomic mass is 32.1. The van der Waals surface area contributed by atoms with Gasteiger partial charge in [0.15, 0.2) is 17.5 Å². The number of benzene rings is 20. The molecule has 9 aromatic heterocycles. The molecule has 146 heavy (non-hydrogen) atoms. The van der Waals surface area contributed by atoms with Gasteiger partial charge < -0.3 is 8.83 Å². The van der Waals surface area contributed by atoms with E-state index in [9.17, 15) is 0 Å². The molecule has 9 heterocycles. The highest BCUT2D eigenvalue weighted by Crippen LogP contribution is 2.55. The SMILES string of the molecule is c1ccc(-c2cc(-c3c4ccccc4c(-c4cc5ccccc5cn4)c4oc5ccccc5c34)nc(-c3ccccc3)n2)cc1.c1ccc(-c2cc(-c3ccccc3)nc(-c3c4ccccc4c(-c4cccc5oc6ccccc6c45)c4sc5ccccc5c34)n2)cc1.c1ccc(-c2cccc(-c3cc(-c4ccccc4)nc(-c4c5ccccc5c(-c5cccc(-c6ccccc6)n5)c5sc6ccccc6c45)n3)c2)cc1. The summed E-state index contributed by atoms with van der Waals surface area (Å²) in [6.45, 7) is 0. The van der Waals surface area contributed by atoms with Crippen LogP contribution in [0.3, 0.4) is 0 Å². The molecule has 0 aliphatic heterocycles. The van der Waals surface area contributed by atoms with Gasteiger partial charge in [-0.3, -0.25) is 4.98 Å². The van der Waals surface area contributed by atoms with Crippen molar-refractivity contribution in [3.05, 3.63) is 498 Å². The van der Waals surface area contributed by atoms with E-state index in [1.165, 1.54) is 57.0 Å². The van der Waals surface area contributed by atoms with Gasteiger partial charge in [0.1, 0.15) is 22.3 Å². The van der Waals surface area contributed by atoms with Crippen molar-refractivity contribution in [2.75, 3.05) is 0 Å². The molecule has 0 spiro atoms. The first-order valence-electron chi connectivity index (χ1n) is 48.9. The first-order chi connectivity index (χ1) is 72.4. The van der Waals surface area contributed by atoms with E-state index in [4.69, 9.17) is 48.7 Å². The van der Waals surface area contributed by atoms with Gasteiger partial charge in [-0.05, 0) is 127 Å². The minimum absolute atomic E-state index is 0.678. The summed E-state index contributed by atoms with van der Waals surface area (Å²) >= 11 is 3.65. The number of furan rings is 2. The fraction of sp³-hybridized carbons (Fsp3) is 0. The highest BCUT2D eigenvalue weighted by molar-refractivity contribution is 7.27. The van der Waals surface area contributed by atoms with Crippen molar-refractivity contribution in [1.82, 2.24) is 39.9 Å². The summed E-state index contributed by atoms with van der Waals surface area (Å²) in [5.74, 6) is 2.10. The number of nitrogens with zero attached hydrogens (tertiary/aromatic N) is 8. The first kappa shape index (κ1) is 86.1. The molecule has 0 aliphatic carbocycles. The normalized spacial score (nSPS) is 11.6. The first-order valence-corrected chi connectivity index (χ1v) is 50.5. The molecule has 0 amide bonds. The van der Waals surface area contributed by atoms with Crippen LogP contribution in [0.1, 0.15) is 0 Å². The maximum atomic E-state index is 6.77. The Labute approximate surface area is 847 Å². The van der Waals surface area contributed by atoms with E-state index in [2.05, 4.69) is 406 Å². The minimum Gasteiger partial charge on any atom is -0.456 e. The van der Waals surface area contributed by atoms with E-state index in [-0.39, 0.29) is 0 Å². The number of pyridine rings is 2. The predicted octanol–water partition coefficient (Wildman–Crippen LogP) is 36.7. The zero-order valence-electron chi connectivity index (χ0n) is 78.6. The second-order valence-electron chi connectivity index (χ2n) is 36.4. The second kappa shape index (κ2) is 36.9. The van der Waals surface area contributed by atoms with E-state index in [0.29, 0.717) is 11.6 Å². The van der Waals surface area contributed by atoms with E-state index in [0.717, 1.165) is 216 Å². The Hall–Kier alpha value is -19.0. The lowest BCUT2D eigenvalue weighted by Crippen LogP contribution is -1.98. The maximum Gasteiger partial charge on any atom is 0.161 e. The number of thiophene rings is 2. The van der Waals surface area contributed by atoms with Crippen LogP contribution in [0, 0.1) is 0 Å². The summed E-state index contributed by atoms with van der Waals surface area (Å²) in [4.78, 5) is 42.1. The van der Waals surface area contributed by atoms with Crippen molar-refractivity contribution < 1.29 is 8.83 Å². The zero-order valence-corrected chi connectivity index (χ0v) is 80.2. The molecular formula is C134H82N8O2S2. The zero-order chi connectivity index (χ0) is 96.5. The van der Waals surface area contributed by atoms with Gasteiger partial charge in [-0.2, -0.15) is 0 Å². The highest BCUT2D eigenvalue weighted by Gasteiger charge is 2.31. The standard InChI is InChI=1S/C49H31N3S.C44H26N2OS.C41H25N3O/c1-4-16-32(17-5-1)35-22-14-23-36(30-35)43-31-42(34-20-8-3-9-21-34)51-49(52-43)47-38-25-11-10-24-37(38)45(48-46(47)39-26-12-13-29-44(39)53-48)41-28-15-27-40(50-41)33-18-6-2-7-19-33;1-3-14-27(15-4-1)34-26-35(28-16-5-2-6-17-28)46-44(45-34)42-30-19-8-7-18-29(30)40(43-41(42)32-21-10-12-25-38(32)48-43)33-22-13-24-37-39(33)31-20-9-11-23-36(31)47-37;1-3-13-26(14-4-1)33-24-35(44-41(43-33)27-15-5-2-6-16-27)37-30-19-9-10-20-31(30)38(34-23-28-17-7-8-18-29(28)25-42-34)40-39(37)32-21-11-12-22-36(32)45-40/h1-31H;1-26H;1-25H. The van der Waals surface area contributed by atoms with Gasteiger partial charge in [-0.25, -0.2) is 34.9 Å². The van der Waals surface area contributed by atoms with Crippen molar-refractivity contribution in [2.24, 2.45) is 0 Å². The number of aromatic nitrogens is 8. The van der Waals surface area contributed by atoms with E-state index >= 15 is 0 Å². The Morgan fingerprint density at radius 3 is 1.05 bits per heavy atom. The summed E-state index contributed by atoms with van der Waals surface area (Å²) in [7, 11) is 0. The third kappa shape index (κ3) is 15.5. The molecule has 0 saturated carbocycles. The lowest BCUT2D eigenvalue weighted by atomic mass is 9.89. The predicted molar refractivity (Wildman–Crippen MR) is 608 cm³/mol. The molecule has 29 rings (SSSR count). The van der Waals surface area contributed by atoms with Crippen LogP contribution in [-0.4, -0.2) is 39.9 Å². The summed E-state index contributed by atoms with van der Waals surface area (Å²) in [5.41, 5.74) is 28.7. The van der Waals surface area contributed by atoms with Crippen LogP contribution in [0.5, 0.6) is 0 Å². The van der Waals surface area contributed by atoms with Gasteiger partial charge >= 0.3 is 0 Å². The van der Waals surface area contributed by atoms with Gasteiger partial charge in [0.05, 0.1) is 56.8 Å². The second-order valence-corrected chi connectivity index (χ2v) is 38.5. The van der Waals surface area contributed by atoms with Crippen LogP contribution in [0.25, 0.3) is 285 Å². The van der Waals surface area contributed by atoms with Crippen LogP contribution in [0.15, 0.2) is 506 Å². The van der Waals surface area contributed by atoms with Crippen LogP contribution in [0.2, 0.25) is 0 Å². The van der Waals surface area contributed by atoms with Crippen LogP contribution in [0.4, 0.5) is 0 Å². The molecule has 12 heteroatoms. The van der Waals surface area contributed by atoms with E-state index in [1.807, 2.05) is 114 Å². The van der Waals surface area contributed by atoms with Crippen LogP contribution >= 0.6 is 22.7 Å². The molecule has 0 fully saturated rings. The largest absolute Gasteiger partial charge is 0.456 e. The molecule has 10 nitrogen and oxygen atoms in total. The average Bonchev–Trinajstić information content (AvgIpc) is 1.53. The van der Waals surface area contributed by atoms with Crippen LogP contribution < -0.4 is 0 Å². The number of hydrogen-bond acceptors (Lipinski definition) is 12. The van der Waals surface area contributed by atoms with Crippen molar-refractivity contribution in [3.8, 4) is 158 Å². The third-order valence-corrected chi connectivity index (χ3v) is 30.1. The molecule has 0 N–H and O–H groups in total. The summed E-state index contributed by atoms with van der Waals surface area (Å²) in [6.07, 6.45) is 1.95. The molecule has 0 unspecified atom stereocenters. The van der Waals surface area contributed by atoms with Crippen molar-refractivity contribution >= 4 is 150 Å². The Bertz CT molecular complexity index is 10000. The number of para-hydroxylation sites is 2. The molecule has 29 aromatic rings. The summed E-state index contributed by atoms with van der Waals surface area (Å²) in [5, 5.41) is 17.9. The quantitative estimate of drug-likeness (QED) is 0.104. The summed E-state index contributed by atoms with van der Waals surface area (Å²) < 4.78 is 18.0. The molecule has 0 bridgehead atoms. The van der Waals surface area contributed by atoms with Crippen LogP contribution in [-0.2, 0) is 0 Å². The number of fused-ring (bicyclic) bond motifs is 16. The Kier molecular flexibility index (Phi) is 21.8. The Balaban J connectivity index is 0.000000109. The van der Waals surface area contributed by atoms with Gasteiger partial charge in [-0.1, -0.05) is 419 Å². The minimum atomic E-state index is 0.678. The van der Waals surface area contributed by atoms with Crippen molar-refractivity contribution in [3.63, 3.8) is 0 Å². The van der Waals surface area contributed by atoms with E-state index in [1.54, 1.807) is 0 Å².